The molecule has 2 unspecified atom stereocenters. The molecule has 0 rings (SSSR count). The SMILES string of the molecule is [C-]#[N+]C(C(=O)NC(C)C=C)C(C)(C)C. The van der Waals surface area contributed by atoms with Crippen LogP contribution < -0.4 is 5.32 Å². The highest BCUT2D eigenvalue weighted by Crippen LogP contribution is 2.22. The number of carbonyl (C=O) groups excluding carboxylic acids is 1. The lowest BCUT2D eigenvalue weighted by Crippen LogP contribution is -2.43. The first-order chi connectivity index (χ1) is 6.32. The summed E-state index contributed by atoms with van der Waals surface area (Å²) < 4.78 is 0. The third kappa shape index (κ3) is 3.61. The van der Waals surface area contributed by atoms with E-state index in [4.69, 9.17) is 6.57 Å². The van der Waals surface area contributed by atoms with Gasteiger partial charge in [-0.2, -0.15) is 0 Å². The standard InChI is InChI=1S/C11H18N2O/c1-7-8(2)13-10(14)9(12-6)11(3,4)5/h7-9H,1H2,2-5H3,(H,13,14). The molecule has 0 saturated heterocycles. The van der Waals surface area contributed by atoms with Gasteiger partial charge in [-0.05, 0) is 6.92 Å². The van der Waals surface area contributed by atoms with Crippen LogP contribution in [0, 0.1) is 12.0 Å². The molecule has 0 aromatic heterocycles. The fourth-order valence-electron chi connectivity index (χ4n) is 1.01. The van der Waals surface area contributed by atoms with E-state index in [-0.39, 0.29) is 17.4 Å². The average Bonchev–Trinajstić information content (AvgIpc) is 2.02. The number of hydrogen-bond donors (Lipinski definition) is 1. The van der Waals surface area contributed by atoms with Crippen LogP contribution in [0.2, 0.25) is 0 Å². The summed E-state index contributed by atoms with van der Waals surface area (Å²) in [5, 5.41) is 2.72. The third-order valence-electron chi connectivity index (χ3n) is 1.92. The number of hydrogen-bond acceptors (Lipinski definition) is 1. The Balaban J connectivity index is 4.51. The van der Waals surface area contributed by atoms with E-state index < -0.39 is 6.04 Å². The van der Waals surface area contributed by atoms with Crippen LogP contribution in [-0.2, 0) is 4.79 Å². The van der Waals surface area contributed by atoms with Crippen molar-refractivity contribution >= 4 is 5.91 Å². The van der Waals surface area contributed by atoms with E-state index in [1.165, 1.54) is 0 Å². The van der Waals surface area contributed by atoms with Crippen molar-refractivity contribution in [1.29, 1.82) is 0 Å². The Morgan fingerprint density at radius 3 is 2.36 bits per heavy atom. The summed E-state index contributed by atoms with van der Waals surface area (Å²) in [5.41, 5.74) is -0.327. The van der Waals surface area contributed by atoms with Gasteiger partial charge in [0, 0.05) is 11.5 Å². The molecule has 0 heterocycles. The lowest BCUT2D eigenvalue weighted by Gasteiger charge is -2.20. The molecule has 0 aliphatic carbocycles. The molecule has 0 spiro atoms. The van der Waals surface area contributed by atoms with Gasteiger partial charge in [-0.15, -0.1) is 6.58 Å². The second kappa shape index (κ2) is 4.80. The van der Waals surface area contributed by atoms with Crippen LogP contribution >= 0.6 is 0 Å². The van der Waals surface area contributed by atoms with Crippen LogP contribution in [0.25, 0.3) is 4.85 Å². The Morgan fingerprint density at radius 1 is 1.57 bits per heavy atom. The maximum absolute atomic E-state index is 11.6. The summed E-state index contributed by atoms with van der Waals surface area (Å²) in [7, 11) is 0. The third-order valence-corrected chi connectivity index (χ3v) is 1.92. The predicted octanol–water partition coefficient (Wildman–Crippen LogP) is 2.01. The molecule has 0 fully saturated rings. The Bertz CT molecular complexity index is 257. The van der Waals surface area contributed by atoms with E-state index in [0.717, 1.165) is 0 Å². The molecule has 1 N–H and O–H groups in total. The van der Waals surface area contributed by atoms with E-state index in [9.17, 15) is 4.79 Å². The van der Waals surface area contributed by atoms with E-state index in [2.05, 4.69) is 16.7 Å². The molecule has 0 radical (unpaired) electrons. The fraction of sp³-hybridized carbons (Fsp3) is 0.636. The Morgan fingerprint density at radius 2 is 2.07 bits per heavy atom. The van der Waals surface area contributed by atoms with Crippen molar-refractivity contribution in [3.8, 4) is 0 Å². The van der Waals surface area contributed by atoms with Crippen LogP contribution in [0.15, 0.2) is 12.7 Å². The zero-order valence-corrected chi connectivity index (χ0v) is 9.29. The van der Waals surface area contributed by atoms with Gasteiger partial charge in [0.15, 0.2) is 0 Å². The highest BCUT2D eigenvalue weighted by molar-refractivity contribution is 5.84. The minimum absolute atomic E-state index is 0.0888. The largest absolute Gasteiger partial charge is 0.343 e. The maximum atomic E-state index is 11.6. The fourth-order valence-corrected chi connectivity index (χ4v) is 1.01. The molecule has 0 aliphatic heterocycles. The smallest absolute Gasteiger partial charge is 0.304 e. The van der Waals surface area contributed by atoms with Gasteiger partial charge in [-0.25, -0.2) is 6.57 Å². The molecule has 0 aliphatic rings. The molecule has 78 valence electrons. The second-order valence-corrected chi connectivity index (χ2v) is 4.43. The minimum Gasteiger partial charge on any atom is -0.343 e. The van der Waals surface area contributed by atoms with Gasteiger partial charge in [0.05, 0.1) is 0 Å². The molecule has 3 nitrogen and oxygen atoms in total. The molecule has 1 amide bonds. The van der Waals surface area contributed by atoms with Gasteiger partial charge < -0.3 is 10.2 Å². The van der Waals surface area contributed by atoms with Crippen molar-refractivity contribution < 1.29 is 4.79 Å². The van der Waals surface area contributed by atoms with Gasteiger partial charge in [0.25, 0.3) is 0 Å². The zero-order valence-electron chi connectivity index (χ0n) is 9.29. The molecular formula is C11H18N2O. The van der Waals surface area contributed by atoms with Crippen molar-refractivity contribution in [3.63, 3.8) is 0 Å². The summed E-state index contributed by atoms with van der Waals surface area (Å²) in [5.74, 6) is -0.222. The van der Waals surface area contributed by atoms with Gasteiger partial charge in [0.1, 0.15) is 0 Å². The molecule has 14 heavy (non-hydrogen) atoms. The first-order valence-electron chi connectivity index (χ1n) is 4.62. The number of nitrogens with one attached hydrogen (secondary N) is 1. The van der Waals surface area contributed by atoms with Gasteiger partial charge in [-0.3, -0.25) is 4.79 Å². The van der Waals surface area contributed by atoms with Gasteiger partial charge in [-0.1, -0.05) is 26.8 Å². The monoisotopic (exact) mass is 194 g/mol. The highest BCUT2D eigenvalue weighted by Gasteiger charge is 2.37. The minimum atomic E-state index is -0.634. The number of amides is 1. The Kier molecular flexibility index (Phi) is 4.36. The van der Waals surface area contributed by atoms with Crippen LogP contribution in [-0.4, -0.2) is 18.0 Å². The molecule has 0 aromatic rings. The van der Waals surface area contributed by atoms with Crippen molar-refractivity contribution in [2.24, 2.45) is 5.41 Å². The first kappa shape index (κ1) is 12.7. The molecular weight excluding hydrogens is 176 g/mol. The van der Waals surface area contributed by atoms with E-state index >= 15 is 0 Å². The van der Waals surface area contributed by atoms with Gasteiger partial charge in [0.2, 0.25) is 0 Å². The zero-order chi connectivity index (χ0) is 11.4. The van der Waals surface area contributed by atoms with Crippen LogP contribution in [0.3, 0.4) is 0 Å². The van der Waals surface area contributed by atoms with Crippen molar-refractivity contribution in [1.82, 2.24) is 5.32 Å². The van der Waals surface area contributed by atoms with Gasteiger partial charge >= 0.3 is 11.9 Å². The molecule has 2 atom stereocenters. The Hall–Kier alpha value is -1.30. The summed E-state index contributed by atoms with van der Waals surface area (Å²) in [6, 6.07) is -0.723. The maximum Gasteiger partial charge on any atom is 0.304 e. The van der Waals surface area contributed by atoms with E-state index in [1.807, 2.05) is 27.7 Å². The normalized spacial score (nSPS) is 15.1. The van der Waals surface area contributed by atoms with E-state index in [1.54, 1.807) is 6.08 Å². The molecule has 0 aromatic carbocycles. The second-order valence-electron chi connectivity index (χ2n) is 4.43. The molecule has 0 saturated carbocycles. The summed E-state index contributed by atoms with van der Waals surface area (Å²) >= 11 is 0. The first-order valence-corrected chi connectivity index (χ1v) is 4.62. The van der Waals surface area contributed by atoms with Crippen LogP contribution in [0.4, 0.5) is 0 Å². The van der Waals surface area contributed by atoms with Crippen molar-refractivity contribution in [3.05, 3.63) is 24.1 Å². The van der Waals surface area contributed by atoms with E-state index in [0.29, 0.717) is 0 Å². The topological polar surface area (TPSA) is 33.5 Å². The van der Waals surface area contributed by atoms with Crippen LogP contribution in [0.5, 0.6) is 0 Å². The number of nitrogens with zero attached hydrogens (tertiary/aromatic N) is 1. The Labute approximate surface area is 86.0 Å². The highest BCUT2D eigenvalue weighted by atomic mass is 16.2. The van der Waals surface area contributed by atoms with Crippen LogP contribution in [0.1, 0.15) is 27.7 Å². The lowest BCUT2D eigenvalue weighted by molar-refractivity contribution is -0.123. The van der Waals surface area contributed by atoms with Crippen molar-refractivity contribution in [2.45, 2.75) is 39.8 Å². The summed E-state index contributed by atoms with van der Waals surface area (Å²) in [6.07, 6.45) is 1.64. The number of rotatable bonds is 3. The summed E-state index contributed by atoms with van der Waals surface area (Å²) in [4.78, 5) is 15.0. The lowest BCUT2D eigenvalue weighted by atomic mass is 9.86. The number of carbonyl (C=O) groups is 1. The molecule has 3 heteroatoms. The molecule has 0 bridgehead atoms. The average molecular weight is 194 g/mol. The quantitative estimate of drug-likeness (QED) is 0.541. The van der Waals surface area contributed by atoms with Crippen molar-refractivity contribution in [2.75, 3.05) is 0 Å². The predicted molar refractivity (Wildman–Crippen MR) is 57.6 cm³/mol. The summed E-state index contributed by atoms with van der Waals surface area (Å²) in [6.45, 7) is 18.0.